The van der Waals surface area contributed by atoms with Crippen LogP contribution in [0.3, 0.4) is 0 Å². The molecular formula is C23H17N5O2. The number of nitrogens with zero attached hydrogens (tertiary/aromatic N) is 3. The molecule has 146 valence electrons. The Morgan fingerprint density at radius 1 is 0.967 bits per heavy atom. The third-order valence-corrected chi connectivity index (χ3v) is 4.95. The van der Waals surface area contributed by atoms with Crippen LogP contribution in [0.5, 0.6) is 0 Å². The van der Waals surface area contributed by atoms with Crippen LogP contribution in [-0.2, 0) is 11.3 Å². The van der Waals surface area contributed by atoms with E-state index in [1.807, 2.05) is 48.5 Å². The van der Waals surface area contributed by atoms with Gasteiger partial charge in [-0.15, -0.1) is 0 Å². The summed E-state index contributed by atoms with van der Waals surface area (Å²) in [6.45, 7) is -0.182. The highest BCUT2D eigenvalue weighted by Crippen LogP contribution is 2.26. The standard InChI is InChI=1S/C23H17N5O2/c29-22(25-17-9-8-16-13-24-26-21(16)12-17)14-28-23(30)11-10-20(27-28)19-7-3-5-15-4-1-2-6-18(15)19/h1-13H,14H2,(H,24,26)(H,25,29). The minimum absolute atomic E-state index is 0.182. The van der Waals surface area contributed by atoms with Crippen LogP contribution in [0.25, 0.3) is 32.9 Å². The molecule has 30 heavy (non-hydrogen) atoms. The highest BCUT2D eigenvalue weighted by Gasteiger charge is 2.11. The largest absolute Gasteiger partial charge is 0.324 e. The molecule has 0 fully saturated rings. The molecule has 5 aromatic rings. The third-order valence-electron chi connectivity index (χ3n) is 4.95. The Bertz CT molecular complexity index is 1450. The van der Waals surface area contributed by atoms with Crippen molar-refractivity contribution < 1.29 is 4.79 Å². The summed E-state index contributed by atoms with van der Waals surface area (Å²) < 4.78 is 1.18. The molecule has 2 aromatic heterocycles. The first-order valence-electron chi connectivity index (χ1n) is 9.47. The lowest BCUT2D eigenvalue weighted by molar-refractivity contribution is -0.117. The van der Waals surface area contributed by atoms with Gasteiger partial charge in [0.15, 0.2) is 0 Å². The number of carbonyl (C=O) groups excluding carboxylic acids is 1. The first kappa shape index (κ1) is 17.8. The number of hydrogen-bond donors (Lipinski definition) is 2. The number of aromatic nitrogens is 4. The molecule has 0 aliphatic heterocycles. The number of nitrogens with one attached hydrogen (secondary N) is 2. The minimum Gasteiger partial charge on any atom is -0.324 e. The van der Waals surface area contributed by atoms with Crippen LogP contribution in [0, 0.1) is 0 Å². The lowest BCUT2D eigenvalue weighted by Crippen LogP contribution is -2.29. The van der Waals surface area contributed by atoms with Crippen LogP contribution < -0.4 is 10.9 Å². The molecule has 0 radical (unpaired) electrons. The fourth-order valence-electron chi connectivity index (χ4n) is 3.51. The first-order valence-corrected chi connectivity index (χ1v) is 9.47. The van der Waals surface area contributed by atoms with Crippen LogP contribution in [0.4, 0.5) is 5.69 Å². The Morgan fingerprint density at radius 3 is 2.77 bits per heavy atom. The van der Waals surface area contributed by atoms with Gasteiger partial charge in [-0.2, -0.15) is 10.2 Å². The molecule has 0 saturated heterocycles. The lowest BCUT2D eigenvalue weighted by atomic mass is 10.0. The van der Waals surface area contributed by atoms with Crippen molar-refractivity contribution in [3.63, 3.8) is 0 Å². The second-order valence-electron chi connectivity index (χ2n) is 6.96. The average Bonchev–Trinajstić information content (AvgIpc) is 3.23. The summed E-state index contributed by atoms with van der Waals surface area (Å²) in [4.78, 5) is 24.8. The van der Waals surface area contributed by atoms with E-state index in [2.05, 4.69) is 20.6 Å². The monoisotopic (exact) mass is 395 g/mol. The Morgan fingerprint density at radius 2 is 1.83 bits per heavy atom. The maximum absolute atomic E-state index is 12.5. The Kier molecular flexibility index (Phi) is 4.33. The fourth-order valence-corrected chi connectivity index (χ4v) is 3.51. The SMILES string of the molecule is O=C(Cn1nc(-c2cccc3ccccc23)ccc1=O)Nc1ccc2cn[nH]c2c1. The number of amides is 1. The van der Waals surface area contributed by atoms with Crippen molar-refractivity contribution in [1.82, 2.24) is 20.0 Å². The van der Waals surface area contributed by atoms with Gasteiger partial charge >= 0.3 is 0 Å². The summed E-state index contributed by atoms with van der Waals surface area (Å²) >= 11 is 0. The summed E-state index contributed by atoms with van der Waals surface area (Å²) in [6, 6.07) is 22.5. The molecule has 2 heterocycles. The number of hydrogen-bond acceptors (Lipinski definition) is 4. The van der Waals surface area contributed by atoms with E-state index in [0.717, 1.165) is 27.2 Å². The number of H-pyrrole nitrogens is 1. The Hall–Kier alpha value is -4.26. The minimum atomic E-state index is -0.335. The van der Waals surface area contributed by atoms with Crippen LogP contribution >= 0.6 is 0 Å². The summed E-state index contributed by atoms with van der Waals surface area (Å²) in [6.07, 6.45) is 1.71. The van der Waals surface area contributed by atoms with Crippen molar-refractivity contribution in [2.24, 2.45) is 0 Å². The predicted molar refractivity (Wildman–Crippen MR) is 116 cm³/mol. The summed E-state index contributed by atoms with van der Waals surface area (Å²) in [5.41, 5.74) is 2.65. The predicted octanol–water partition coefficient (Wildman–Crippen LogP) is 3.58. The van der Waals surface area contributed by atoms with Crippen molar-refractivity contribution in [3.8, 4) is 11.3 Å². The molecule has 3 aromatic carbocycles. The van der Waals surface area contributed by atoms with Gasteiger partial charge in [-0.05, 0) is 35.0 Å². The maximum atomic E-state index is 12.5. The Labute approximate surface area is 171 Å². The fraction of sp³-hybridized carbons (Fsp3) is 0.0435. The molecule has 2 N–H and O–H groups in total. The van der Waals surface area contributed by atoms with Gasteiger partial charge in [0.25, 0.3) is 5.56 Å². The molecule has 0 unspecified atom stereocenters. The molecule has 5 rings (SSSR count). The normalized spacial score (nSPS) is 11.1. The lowest BCUT2D eigenvalue weighted by Gasteiger charge is -2.10. The summed E-state index contributed by atoms with van der Waals surface area (Å²) in [5.74, 6) is -0.335. The molecule has 0 aliphatic carbocycles. The first-order chi connectivity index (χ1) is 14.7. The number of anilines is 1. The van der Waals surface area contributed by atoms with Gasteiger partial charge in [0, 0.05) is 22.7 Å². The summed E-state index contributed by atoms with van der Waals surface area (Å²) in [7, 11) is 0. The molecular weight excluding hydrogens is 378 g/mol. The van der Waals surface area contributed by atoms with E-state index >= 15 is 0 Å². The highest BCUT2D eigenvalue weighted by atomic mass is 16.2. The van der Waals surface area contributed by atoms with Crippen molar-refractivity contribution in [1.29, 1.82) is 0 Å². The van der Waals surface area contributed by atoms with Crippen molar-refractivity contribution >= 4 is 33.3 Å². The molecule has 1 amide bonds. The average molecular weight is 395 g/mol. The molecule has 7 heteroatoms. The van der Waals surface area contributed by atoms with Gasteiger partial charge in [0.1, 0.15) is 6.54 Å². The topological polar surface area (TPSA) is 92.7 Å². The quantitative estimate of drug-likeness (QED) is 0.486. The maximum Gasteiger partial charge on any atom is 0.267 e. The van der Waals surface area contributed by atoms with Gasteiger partial charge in [-0.25, -0.2) is 4.68 Å². The van der Waals surface area contributed by atoms with E-state index in [1.165, 1.54) is 10.7 Å². The zero-order chi connectivity index (χ0) is 20.5. The Balaban J connectivity index is 1.43. The molecule has 0 saturated carbocycles. The van der Waals surface area contributed by atoms with E-state index in [9.17, 15) is 9.59 Å². The van der Waals surface area contributed by atoms with Gasteiger partial charge in [-0.3, -0.25) is 14.7 Å². The number of fused-ring (bicyclic) bond motifs is 2. The zero-order valence-electron chi connectivity index (χ0n) is 15.9. The number of aromatic amines is 1. The van der Waals surface area contributed by atoms with Gasteiger partial charge in [-0.1, -0.05) is 42.5 Å². The zero-order valence-corrected chi connectivity index (χ0v) is 15.9. The number of carbonyl (C=O) groups is 1. The molecule has 0 atom stereocenters. The van der Waals surface area contributed by atoms with E-state index in [0.29, 0.717) is 11.4 Å². The smallest absolute Gasteiger partial charge is 0.267 e. The number of rotatable bonds is 4. The molecule has 0 aliphatic rings. The van der Waals surface area contributed by atoms with E-state index in [1.54, 1.807) is 24.4 Å². The van der Waals surface area contributed by atoms with Crippen LogP contribution in [0.15, 0.2) is 83.8 Å². The molecule has 0 bridgehead atoms. The van der Waals surface area contributed by atoms with Crippen LogP contribution in [0.2, 0.25) is 0 Å². The van der Waals surface area contributed by atoms with Crippen molar-refractivity contribution in [3.05, 3.63) is 89.3 Å². The van der Waals surface area contributed by atoms with Crippen LogP contribution in [0.1, 0.15) is 0 Å². The number of benzene rings is 3. The second kappa shape index (κ2) is 7.29. The van der Waals surface area contributed by atoms with E-state index in [-0.39, 0.29) is 18.0 Å². The highest BCUT2D eigenvalue weighted by molar-refractivity contribution is 5.96. The summed E-state index contributed by atoms with van der Waals surface area (Å²) in [5, 5.41) is 17.2. The van der Waals surface area contributed by atoms with Gasteiger partial charge < -0.3 is 5.32 Å². The molecule has 7 nitrogen and oxygen atoms in total. The van der Waals surface area contributed by atoms with E-state index in [4.69, 9.17) is 0 Å². The van der Waals surface area contributed by atoms with Crippen molar-refractivity contribution in [2.75, 3.05) is 5.32 Å². The van der Waals surface area contributed by atoms with Crippen LogP contribution in [-0.4, -0.2) is 25.9 Å². The van der Waals surface area contributed by atoms with Gasteiger partial charge in [0.2, 0.25) is 5.91 Å². The molecule has 0 spiro atoms. The van der Waals surface area contributed by atoms with E-state index < -0.39 is 0 Å². The third kappa shape index (κ3) is 3.33. The van der Waals surface area contributed by atoms with Crippen molar-refractivity contribution in [2.45, 2.75) is 6.54 Å². The van der Waals surface area contributed by atoms with Gasteiger partial charge in [0.05, 0.1) is 17.4 Å². The second-order valence-corrected chi connectivity index (χ2v) is 6.96.